The number of amides is 2. The number of aliphatic hydroxyl groups excluding tert-OH is 1. The van der Waals surface area contributed by atoms with Crippen LogP contribution in [0.25, 0.3) is 5.57 Å². The number of alkyl halides is 3. The first-order chi connectivity index (χ1) is 13.7. The number of nitrogens with one attached hydrogen (secondary N) is 1. The van der Waals surface area contributed by atoms with Crippen LogP contribution in [0.2, 0.25) is 5.02 Å². The zero-order valence-corrected chi connectivity index (χ0v) is 16.3. The molecule has 0 bridgehead atoms. The molecule has 0 radical (unpaired) electrons. The highest BCUT2D eigenvalue weighted by atomic mass is 35.5. The van der Waals surface area contributed by atoms with Crippen LogP contribution in [0.1, 0.15) is 28.8 Å². The van der Waals surface area contributed by atoms with Crippen molar-refractivity contribution >= 4 is 28.9 Å². The van der Waals surface area contributed by atoms with Crippen LogP contribution < -0.4 is 5.32 Å². The van der Waals surface area contributed by atoms with Crippen LogP contribution in [0.5, 0.6) is 0 Å². The average molecular weight is 426 g/mol. The fraction of sp³-hybridized carbons (Fsp3) is 0.300. The number of hydrogen-bond acceptors (Lipinski definition) is 3. The lowest BCUT2D eigenvalue weighted by atomic mass is 10.0. The normalized spacial score (nSPS) is 14.6. The molecular weight excluding hydrogens is 407 g/mol. The quantitative estimate of drug-likeness (QED) is 0.737. The molecule has 2 N–H and O–H groups in total. The average Bonchev–Trinajstić information content (AvgIpc) is 2.67. The van der Waals surface area contributed by atoms with E-state index in [0.29, 0.717) is 41.5 Å². The maximum absolute atomic E-state index is 12.9. The van der Waals surface area contributed by atoms with Crippen molar-refractivity contribution in [1.82, 2.24) is 9.88 Å². The molecular formula is C20H19ClF3N3O2. The number of aliphatic hydroxyl groups is 1. The molecule has 0 unspecified atom stereocenters. The van der Waals surface area contributed by atoms with E-state index in [1.807, 2.05) is 6.08 Å². The van der Waals surface area contributed by atoms with Crippen molar-refractivity contribution in [2.45, 2.75) is 26.1 Å². The van der Waals surface area contributed by atoms with E-state index in [0.717, 1.165) is 11.6 Å². The molecule has 3 rings (SSSR count). The zero-order chi connectivity index (χ0) is 21.2. The number of hydrogen-bond donors (Lipinski definition) is 2. The number of urea groups is 1. The molecule has 29 heavy (non-hydrogen) atoms. The summed E-state index contributed by atoms with van der Waals surface area (Å²) in [6.07, 6.45) is -0.502. The Morgan fingerprint density at radius 3 is 2.66 bits per heavy atom. The summed E-state index contributed by atoms with van der Waals surface area (Å²) in [5.74, 6) is 0. The van der Waals surface area contributed by atoms with Gasteiger partial charge in [-0.3, -0.25) is 4.98 Å². The number of benzene rings is 1. The van der Waals surface area contributed by atoms with Crippen LogP contribution in [0, 0.1) is 6.92 Å². The monoisotopic (exact) mass is 425 g/mol. The summed E-state index contributed by atoms with van der Waals surface area (Å²) in [6, 6.07) is 4.76. The topological polar surface area (TPSA) is 65.5 Å². The first-order valence-electron chi connectivity index (χ1n) is 8.87. The van der Waals surface area contributed by atoms with E-state index < -0.39 is 17.8 Å². The standard InChI is InChI=1S/C20H19ClF3N3O2/c1-12-8-15(2-3-16(12)20(22,23)24)26-19(29)27-6-4-14(5-7-27)18-17(21)9-13(11-28)10-25-18/h2-4,8-10,28H,5-7,11H2,1H3,(H,26,29). The van der Waals surface area contributed by atoms with Crippen molar-refractivity contribution < 1.29 is 23.1 Å². The van der Waals surface area contributed by atoms with E-state index in [1.165, 1.54) is 19.1 Å². The van der Waals surface area contributed by atoms with Crippen LogP contribution in [-0.4, -0.2) is 34.1 Å². The lowest BCUT2D eigenvalue weighted by molar-refractivity contribution is -0.138. The second-order valence-corrected chi connectivity index (χ2v) is 7.12. The molecule has 1 aromatic heterocycles. The highest BCUT2D eigenvalue weighted by Crippen LogP contribution is 2.33. The molecule has 5 nitrogen and oxygen atoms in total. The molecule has 2 heterocycles. The highest BCUT2D eigenvalue weighted by Gasteiger charge is 2.32. The zero-order valence-electron chi connectivity index (χ0n) is 15.6. The molecule has 0 atom stereocenters. The Hall–Kier alpha value is -2.58. The predicted octanol–water partition coefficient (Wildman–Crippen LogP) is 4.88. The number of nitrogens with zero attached hydrogens (tertiary/aromatic N) is 2. The molecule has 0 saturated heterocycles. The minimum atomic E-state index is -4.43. The van der Waals surface area contributed by atoms with E-state index >= 15 is 0 Å². The molecule has 9 heteroatoms. The van der Waals surface area contributed by atoms with Gasteiger partial charge in [-0.05, 0) is 54.3 Å². The number of carbonyl (C=O) groups is 1. The Labute approximate surface area is 170 Å². The molecule has 0 aliphatic carbocycles. The van der Waals surface area contributed by atoms with Gasteiger partial charge in [-0.25, -0.2) is 4.79 Å². The number of pyridine rings is 1. The van der Waals surface area contributed by atoms with Gasteiger partial charge in [0.1, 0.15) is 0 Å². The minimum Gasteiger partial charge on any atom is -0.392 e. The minimum absolute atomic E-state index is 0.0446. The number of aromatic nitrogens is 1. The van der Waals surface area contributed by atoms with Gasteiger partial charge in [-0.15, -0.1) is 0 Å². The van der Waals surface area contributed by atoms with Crippen LogP contribution in [0.4, 0.5) is 23.7 Å². The number of anilines is 1. The van der Waals surface area contributed by atoms with Crippen LogP contribution in [-0.2, 0) is 12.8 Å². The molecule has 1 aliphatic heterocycles. The van der Waals surface area contributed by atoms with Gasteiger partial charge in [-0.1, -0.05) is 17.7 Å². The Morgan fingerprint density at radius 2 is 2.10 bits per heavy atom. The lowest BCUT2D eigenvalue weighted by Gasteiger charge is -2.27. The van der Waals surface area contributed by atoms with Crippen LogP contribution >= 0.6 is 11.6 Å². The summed E-state index contributed by atoms with van der Waals surface area (Å²) in [6.45, 7) is 1.94. The molecule has 0 spiro atoms. The summed E-state index contributed by atoms with van der Waals surface area (Å²) in [7, 11) is 0. The van der Waals surface area contributed by atoms with Crippen molar-refractivity contribution in [2.75, 3.05) is 18.4 Å². The molecule has 1 aliphatic rings. The molecule has 154 valence electrons. The van der Waals surface area contributed by atoms with Gasteiger partial charge < -0.3 is 15.3 Å². The van der Waals surface area contributed by atoms with E-state index in [-0.39, 0.29) is 12.2 Å². The third-order valence-corrected chi connectivity index (χ3v) is 4.95. The van der Waals surface area contributed by atoms with Crippen molar-refractivity contribution in [1.29, 1.82) is 0 Å². The van der Waals surface area contributed by atoms with Gasteiger partial charge in [0, 0.05) is 25.0 Å². The van der Waals surface area contributed by atoms with Crippen LogP contribution in [0.15, 0.2) is 36.5 Å². The first kappa shape index (κ1) is 21.1. The Morgan fingerprint density at radius 1 is 1.34 bits per heavy atom. The van der Waals surface area contributed by atoms with Crippen molar-refractivity contribution in [3.63, 3.8) is 0 Å². The predicted molar refractivity (Wildman–Crippen MR) is 105 cm³/mol. The maximum Gasteiger partial charge on any atom is 0.416 e. The fourth-order valence-corrected chi connectivity index (χ4v) is 3.44. The second-order valence-electron chi connectivity index (χ2n) is 6.72. The first-order valence-corrected chi connectivity index (χ1v) is 9.25. The SMILES string of the molecule is Cc1cc(NC(=O)N2CC=C(c3ncc(CO)cc3Cl)CC2)ccc1C(F)(F)F. The summed E-state index contributed by atoms with van der Waals surface area (Å²) in [5.41, 5.74) is 1.75. The summed E-state index contributed by atoms with van der Waals surface area (Å²) in [4.78, 5) is 18.3. The van der Waals surface area contributed by atoms with Crippen molar-refractivity contribution in [3.05, 3.63) is 63.9 Å². The van der Waals surface area contributed by atoms with Crippen molar-refractivity contribution in [3.8, 4) is 0 Å². The second kappa shape index (κ2) is 8.42. The van der Waals surface area contributed by atoms with Gasteiger partial charge in [0.2, 0.25) is 0 Å². The molecule has 2 amide bonds. The van der Waals surface area contributed by atoms with E-state index in [2.05, 4.69) is 10.3 Å². The number of halogens is 4. The summed E-state index contributed by atoms with van der Waals surface area (Å²) < 4.78 is 38.6. The summed E-state index contributed by atoms with van der Waals surface area (Å²) >= 11 is 6.22. The van der Waals surface area contributed by atoms with Gasteiger partial charge in [-0.2, -0.15) is 13.2 Å². The molecule has 0 fully saturated rings. The van der Waals surface area contributed by atoms with Gasteiger partial charge in [0.25, 0.3) is 0 Å². The van der Waals surface area contributed by atoms with E-state index in [1.54, 1.807) is 17.2 Å². The Balaban J connectivity index is 1.66. The maximum atomic E-state index is 12.9. The number of aryl methyl sites for hydroxylation is 1. The van der Waals surface area contributed by atoms with Gasteiger partial charge >= 0.3 is 12.2 Å². The molecule has 2 aromatic rings. The van der Waals surface area contributed by atoms with Gasteiger partial charge in [0.15, 0.2) is 0 Å². The summed E-state index contributed by atoms with van der Waals surface area (Å²) in [5, 5.41) is 12.2. The largest absolute Gasteiger partial charge is 0.416 e. The highest BCUT2D eigenvalue weighted by molar-refractivity contribution is 6.32. The molecule has 0 saturated carbocycles. The third kappa shape index (κ3) is 4.89. The lowest BCUT2D eigenvalue weighted by Crippen LogP contribution is -2.38. The van der Waals surface area contributed by atoms with E-state index in [9.17, 15) is 18.0 Å². The smallest absolute Gasteiger partial charge is 0.392 e. The fourth-order valence-electron chi connectivity index (χ4n) is 3.13. The van der Waals surface area contributed by atoms with Gasteiger partial charge in [0.05, 0.1) is 22.9 Å². The Bertz CT molecular complexity index is 960. The molecule has 1 aromatic carbocycles. The van der Waals surface area contributed by atoms with Crippen LogP contribution in [0.3, 0.4) is 0 Å². The number of rotatable bonds is 3. The van der Waals surface area contributed by atoms with Crippen molar-refractivity contribution in [2.24, 2.45) is 0 Å². The van der Waals surface area contributed by atoms with E-state index in [4.69, 9.17) is 16.7 Å². The third-order valence-electron chi connectivity index (χ3n) is 4.66. The Kier molecular flexibility index (Phi) is 6.14. The number of carbonyl (C=O) groups excluding carboxylic acids is 1.